The molecule has 0 saturated heterocycles. The number of aryl methyl sites for hydroxylation is 2. The van der Waals surface area contributed by atoms with E-state index >= 15 is 0 Å². The molecule has 0 aromatic heterocycles. The molecule has 54 heavy (non-hydrogen) atoms. The quantitative estimate of drug-likeness (QED) is 0.116. The monoisotopic (exact) mass is 824 g/mol. The molecule has 0 aliphatic heterocycles. The SMILES string of the molecule is Cc1ccc(S(=O)(=O)N[C@H](COCc2ccccc2)[C@@H](OS(C)(=O)=O)[C@H](OS(C)(=O)=O)[C@@H](COCc2ccccc2)NS(=O)(=O)c2ccc(C)cc2)cc1. The third-order valence-corrected chi connectivity index (χ3v) is 11.9. The van der Waals surface area contributed by atoms with Crippen LogP contribution < -0.4 is 9.44 Å². The van der Waals surface area contributed by atoms with E-state index in [9.17, 15) is 33.7 Å². The summed E-state index contributed by atoms with van der Waals surface area (Å²) in [6, 6.07) is 25.6. The van der Waals surface area contributed by atoms with Gasteiger partial charge < -0.3 is 9.47 Å². The molecule has 4 atom stereocenters. The van der Waals surface area contributed by atoms with Crippen LogP contribution >= 0.6 is 0 Å². The highest BCUT2D eigenvalue weighted by atomic mass is 32.2. The lowest BCUT2D eigenvalue weighted by Crippen LogP contribution is -2.61. The Kier molecular flexibility index (Phi) is 15.1. The summed E-state index contributed by atoms with van der Waals surface area (Å²) in [5, 5.41) is 0. The van der Waals surface area contributed by atoms with E-state index in [1.165, 1.54) is 24.3 Å². The lowest BCUT2D eigenvalue weighted by atomic mass is 10.0. The molecule has 0 radical (unpaired) electrons. The second-order valence-electron chi connectivity index (χ2n) is 12.6. The number of nitrogens with one attached hydrogen (secondary N) is 2. The Morgan fingerprint density at radius 1 is 0.481 bits per heavy atom. The molecular formula is C36H44N2O12S4. The van der Waals surface area contributed by atoms with Gasteiger partial charge in [-0.15, -0.1) is 0 Å². The van der Waals surface area contributed by atoms with Gasteiger partial charge >= 0.3 is 0 Å². The lowest BCUT2D eigenvalue weighted by molar-refractivity contribution is -0.0230. The van der Waals surface area contributed by atoms with Crippen LogP contribution in [0.25, 0.3) is 0 Å². The molecule has 0 heterocycles. The van der Waals surface area contributed by atoms with Crippen molar-refractivity contribution in [2.75, 3.05) is 25.7 Å². The van der Waals surface area contributed by atoms with Crippen molar-refractivity contribution in [2.24, 2.45) is 0 Å². The van der Waals surface area contributed by atoms with E-state index in [2.05, 4.69) is 9.44 Å². The Morgan fingerprint density at radius 2 is 0.796 bits per heavy atom. The predicted molar refractivity (Wildman–Crippen MR) is 202 cm³/mol. The van der Waals surface area contributed by atoms with E-state index in [1.54, 1.807) is 98.8 Å². The second kappa shape index (κ2) is 18.9. The van der Waals surface area contributed by atoms with Crippen LogP contribution in [0.15, 0.2) is 119 Å². The molecule has 0 spiro atoms. The van der Waals surface area contributed by atoms with E-state index in [0.29, 0.717) is 23.6 Å². The Bertz CT molecular complexity index is 2080. The number of hydrogen-bond donors (Lipinski definition) is 2. The van der Waals surface area contributed by atoms with E-state index in [1.807, 2.05) is 0 Å². The molecule has 2 N–H and O–H groups in total. The molecule has 0 aliphatic carbocycles. The summed E-state index contributed by atoms with van der Waals surface area (Å²) in [5.41, 5.74) is 2.88. The van der Waals surface area contributed by atoms with Gasteiger partial charge in [-0.05, 0) is 49.2 Å². The van der Waals surface area contributed by atoms with Gasteiger partial charge in [-0.3, -0.25) is 8.37 Å². The number of benzene rings is 4. The van der Waals surface area contributed by atoms with Gasteiger partial charge in [0.15, 0.2) is 0 Å². The third kappa shape index (κ3) is 13.9. The Labute approximate surface area is 318 Å². The van der Waals surface area contributed by atoms with E-state index in [4.69, 9.17) is 17.8 Å². The molecule has 0 bridgehead atoms. The first kappa shape index (κ1) is 43.2. The van der Waals surface area contributed by atoms with Crippen molar-refractivity contribution in [1.29, 1.82) is 0 Å². The van der Waals surface area contributed by atoms with Crippen molar-refractivity contribution < 1.29 is 51.5 Å². The molecule has 0 saturated carbocycles. The van der Waals surface area contributed by atoms with Crippen molar-refractivity contribution in [2.45, 2.75) is 61.1 Å². The summed E-state index contributed by atoms with van der Waals surface area (Å²) in [6.07, 6.45) is -2.80. The zero-order valence-electron chi connectivity index (χ0n) is 30.1. The minimum absolute atomic E-state index is 0.0730. The van der Waals surface area contributed by atoms with E-state index in [-0.39, 0.29) is 23.0 Å². The first-order chi connectivity index (χ1) is 25.3. The van der Waals surface area contributed by atoms with Crippen LogP contribution in [0.5, 0.6) is 0 Å². The highest BCUT2D eigenvalue weighted by Gasteiger charge is 2.44. The molecule has 14 nitrogen and oxygen atoms in total. The fraction of sp³-hybridized carbons (Fsp3) is 0.333. The maximum Gasteiger partial charge on any atom is 0.264 e. The van der Waals surface area contributed by atoms with Gasteiger partial charge in [0.05, 0.1) is 60.8 Å². The van der Waals surface area contributed by atoms with Crippen LogP contribution in [0.2, 0.25) is 0 Å². The van der Waals surface area contributed by atoms with Crippen molar-refractivity contribution >= 4 is 40.3 Å². The Balaban J connectivity index is 1.84. The van der Waals surface area contributed by atoms with Gasteiger partial charge in [0.2, 0.25) is 20.0 Å². The number of hydrogen-bond acceptors (Lipinski definition) is 12. The Hall–Kier alpha value is -3.56. The van der Waals surface area contributed by atoms with Crippen LogP contribution in [0.4, 0.5) is 0 Å². The summed E-state index contributed by atoms with van der Waals surface area (Å²) in [7, 11) is -18.1. The highest BCUT2D eigenvalue weighted by molar-refractivity contribution is 7.90. The highest BCUT2D eigenvalue weighted by Crippen LogP contribution is 2.23. The molecule has 4 aromatic carbocycles. The van der Waals surface area contributed by atoms with Gasteiger partial charge in [0.25, 0.3) is 20.2 Å². The topological polar surface area (TPSA) is 198 Å². The minimum atomic E-state index is -4.55. The average molecular weight is 825 g/mol. The molecule has 0 fully saturated rings. The summed E-state index contributed by atoms with van der Waals surface area (Å²) in [4.78, 5) is -0.412. The van der Waals surface area contributed by atoms with Crippen LogP contribution in [-0.4, -0.2) is 83.7 Å². The van der Waals surface area contributed by atoms with Crippen LogP contribution in [0.3, 0.4) is 0 Å². The van der Waals surface area contributed by atoms with Crippen molar-refractivity contribution in [1.82, 2.24) is 9.44 Å². The fourth-order valence-electron chi connectivity index (χ4n) is 5.22. The summed E-state index contributed by atoms with van der Waals surface area (Å²) < 4.78 is 135. The van der Waals surface area contributed by atoms with Crippen molar-refractivity contribution in [3.05, 3.63) is 131 Å². The first-order valence-corrected chi connectivity index (χ1v) is 23.1. The van der Waals surface area contributed by atoms with Crippen molar-refractivity contribution in [3.63, 3.8) is 0 Å². The van der Waals surface area contributed by atoms with Gasteiger partial charge in [-0.1, -0.05) is 96.1 Å². The largest absolute Gasteiger partial charge is 0.375 e. The zero-order chi connectivity index (χ0) is 39.6. The molecule has 4 rings (SSSR count). The molecule has 0 aliphatic rings. The average Bonchev–Trinajstić information content (AvgIpc) is 3.09. The van der Waals surface area contributed by atoms with Gasteiger partial charge in [0.1, 0.15) is 12.2 Å². The maximum atomic E-state index is 13.8. The van der Waals surface area contributed by atoms with Gasteiger partial charge in [0, 0.05) is 0 Å². The summed E-state index contributed by atoms with van der Waals surface area (Å²) in [6.45, 7) is 2.18. The zero-order valence-corrected chi connectivity index (χ0v) is 33.3. The molecule has 0 unspecified atom stereocenters. The number of ether oxygens (including phenoxy) is 2. The molecule has 18 heteroatoms. The molecule has 0 amide bonds. The smallest absolute Gasteiger partial charge is 0.264 e. The summed E-state index contributed by atoms with van der Waals surface area (Å²) in [5.74, 6) is 0. The predicted octanol–water partition coefficient (Wildman–Crippen LogP) is 3.42. The number of sulfonamides is 2. The maximum absolute atomic E-state index is 13.8. The van der Waals surface area contributed by atoms with E-state index < -0.39 is 77.8 Å². The normalized spacial score (nSPS) is 15.0. The number of rotatable bonds is 21. The van der Waals surface area contributed by atoms with Crippen LogP contribution in [-0.2, 0) is 71.3 Å². The molecular weight excluding hydrogens is 781 g/mol. The van der Waals surface area contributed by atoms with Crippen LogP contribution in [0, 0.1) is 13.8 Å². The summed E-state index contributed by atoms with van der Waals surface area (Å²) >= 11 is 0. The second-order valence-corrected chi connectivity index (χ2v) is 19.2. The van der Waals surface area contributed by atoms with Gasteiger partial charge in [-0.2, -0.15) is 16.8 Å². The first-order valence-electron chi connectivity index (χ1n) is 16.5. The van der Waals surface area contributed by atoms with Crippen molar-refractivity contribution in [3.8, 4) is 0 Å². The standard InChI is InChI=1S/C36H44N2O12S4/c1-27-15-19-31(20-16-27)53(43,44)37-33(25-47-23-29-11-7-5-8-12-29)35(49-51(3,39)40)36(50-52(4,41)42)34(26-48-24-30-13-9-6-10-14-30)38-54(45,46)32-21-17-28(2)18-22-32/h5-22,33-38H,23-26H2,1-4H3/t33-,34-,35-,36-/m1/s1. The minimum Gasteiger partial charge on any atom is -0.375 e. The third-order valence-electron chi connectivity index (χ3n) is 7.78. The fourth-order valence-corrected chi connectivity index (χ4v) is 8.98. The lowest BCUT2D eigenvalue weighted by Gasteiger charge is -2.36. The van der Waals surface area contributed by atoms with E-state index in [0.717, 1.165) is 11.1 Å². The molecule has 4 aromatic rings. The molecule has 294 valence electrons. The Morgan fingerprint density at radius 3 is 1.09 bits per heavy atom. The van der Waals surface area contributed by atoms with Gasteiger partial charge in [-0.25, -0.2) is 26.3 Å². The van der Waals surface area contributed by atoms with Crippen LogP contribution in [0.1, 0.15) is 22.3 Å².